The second kappa shape index (κ2) is 7.08. The summed E-state index contributed by atoms with van der Waals surface area (Å²) < 4.78 is 7.64. The first-order valence-corrected chi connectivity index (χ1v) is 9.52. The van der Waals surface area contributed by atoms with Gasteiger partial charge in [0, 0.05) is 34.0 Å². The molecule has 5 rings (SSSR count). The largest absolute Gasteiger partial charge is 0.436 e. The van der Waals surface area contributed by atoms with E-state index in [1.165, 1.54) is 6.07 Å². The minimum absolute atomic E-state index is 0.129. The molecule has 3 aromatic carbocycles. The number of aromatic nitrogens is 2. The van der Waals surface area contributed by atoms with Gasteiger partial charge in [-0.15, -0.1) is 0 Å². The smallest absolute Gasteiger partial charge is 0.255 e. The van der Waals surface area contributed by atoms with Gasteiger partial charge in [-0.3, -0.25) is 9.36 Å². The van der Waals surface area contributed by atoms with Crippen molar-refractivity contribution in [2.45, 2.75) is 0 Å². The molecule has 29 heavy (non-hydrogen) atoms. The summed E-state index contributed by atoms with van der Waals surface area (Å²) in [5.74, 6) is 0.479. The first-order chi connectivity index (χ1) is 14.2. The summed E-state index contributed by atoms with van der Waals surface area (Å²) in [5.41, 5.74) is 4.42. The molecule has 2 heterocycles. The van der Waals surface area contributed by atoms with E-state index < -0.39 is 0 Å². The van der Waals surface area contributed by atoms with Crippen LogP contribution in [0.5, 0.6) is 0 Å². The van der Waals surface area contributed by atoms with Crippen LogP contribution < -0.4 is 5.56 Å². The van der Waals surface area contributed by atoms with Crippen molar-refractivity contribution in [1.82, 2.24) is 9.55 Å². The van der Waals surface area contributed by atoms with Gasteiger partial charge in [-0.25, -0.2) is 4.98 Å². The maximum absolute atomic E-state index is 12.6. The Morgan fingerprint density at radius 2 is 1.55 bits per heavy atom. The lowest BCUT2D eigenvalue weighted by Crippen LogP contribution is -2.16. The van der Waals surface area contributed by atoms with E-state index in [0.29, 0.717) is 22.2 Å². The summed E-state index contributed by atoms with van der Waals surface area (Å²) in [7, 11) is 0. The molecule has 4 nitrogen and oxygen atoms in total. The second-order valence-electron chi connectivity index (χ2n) is 6.58. The van der Waals surface area contributed by atoms with Crippen molar-refractivity contribution >= 4 is 22.7 Å². The normalized spacial score (nSPS) is 11.1. The predicted molar refractivity (Wildman–Crippen MR) is 115 cm³/mol. The zero-order chi connectivity index (χ0) is 19.8. The fourth-order valence-electron chi connectivity index (χ4n) is 3.48. The Hall–Kier alpha value is -3.63. The summed E-state index contributed by atoms with van der Waals surface area (Å²) in [6.45, 7) is 0. The number of nitrogens with zero attached hydrogens (tertiary/aromatic N) is 2. The number of para-hydroxylation sites is 2. The molecule has 0 radical (unpaired) electrons. The van der Waals surface area contributed by atoms with Crippen molar-refractivity contribution in [1.29, 1.82) is 0 Å². The van der Waals surface area contributed by atoms with Crippen LogP contribution in [0.15, 0.2) is 100 Å². The third-order valence-corrected chi connectivity index (χ3v) is 5.12. The molecular formula is C24H15ClN2O2. The molecule has 0 N–H and O–H groups in total. The fourth-order valence-corrected chi connectivity index (χ4v) is 3.71. The molecule has 140 valence electrons. The van der Waals surface area contributed by atoms with Crippen molar-refractivity contribution in [3.05, 3.63) is 107 Å². The fraction of sp³-hybridized carbons (Fsp3) is 0. The number of rotatable bonds is 3. The number of hydrogen-bond donors (Lipinski definition) is 0. The van der Waals surface area contributed by atoms with Crippen molar-refractivity contribution in [2.75, 3.05) is 0 Å². The first-order valence-electron chi connectivity index (χ1n) is 9.14. The molecule has 5 aromatic rings. The van der Waals surface area contributed by atoms with E-state index in [1.54, 1.807) is 16.8 Å². The Labute approximate surface area is 171 Å². The molecule has 0 unspecified atom stereocenters. The van der Waals surface area contributed by atoms with Gasteiger partial charge in [0.2, 0.25) is 5.89 Å². The average molecular weight is 399 g/mol. The molecule has 0 aliphatic rings. The van der Waals surface area contributed by atoms with E-state index in [1.807, 2.05) is 72.8 Å². The highest BCUT2D eigenvalue weighted by atomic mass is 35.5. The highest BCUT2D eigenvalue weighted by Gasteiger charge is 2.20. The summed E-state index contributed by atoms with van der Waals surface area (Å²) >= 11 is 6.56. The highest BCUT2D eigenvalue weighted by molar-refractivity contribution is 6.33. The van der Waals surface area contributed by atoms with Crippen LogP contribution in [-0.4, -0.2) is 9.55 Å². The lowest BCUT2D eigenvalue weighted by molar-refractivity contribution is 0.620. The third-order valence-electron chi connectivity index (χ3n) is 4.79. The quantitative estimate of drug-likeness (QED) is 0.376. The van der Waals surface area contributed by atoms with Gasteiger partial charge in [0.1, 0.15) is 5.52 Å². The lowest BCUT2D eigenvalue weighted by atomic mass is 9.97. The van der Waals surface area contributed by atoms with Gasteiger partial charge in [0.05, 0.1) is 5.69 Å². The minimum atomic E-state index is -0.129. The van der Waals surface area contributed by atoms with Crippen molar-refractivity contribution < 1.29 is 4.42 Å². The van der Waals surface area contributed by atoms with E-state index >= 15 is 0 Å². The molecule has 0 amide bonds. The van der Waals surface area contributed by atoms with E-state index in [4.69, 9.17) is 16.0 Å². The van der Waals surface area contributed by atoms with E-state index in [9.17, 15) is 4.79 Å². The van der Waals surface area contributed by atoms with Gasteiger partial charge < -0.3 is 4.42 Å². The minimum Gasteiger partial charge on any atom is -0.436 e. The molecule has 0 atom stereocenters. The monoisotopic (exact) mass is 398 g/mol. The van der Waals surface area contributed by atoms with Crippen LogP contribution in [0, 0.1) is 0 Å². The zero-order valence-corrected chi connectivity index (χ0v) is 16.0. The molecule has 0 fully saturated rings. The Morgan fingerprint density at radius 3 is 2.38 bits per heavy atom. The molecule has 0 aliphatic carbocycles. The van der Waals surface area contributed by atoms with Crippen molar-refractivity contribution in [2.24, 2.45) is 0 Å². The Kier molecular flexibility index (Phi) is 4.26. The summed E-state index contributed by atoms with van der Waals surface area (Å²) in [6.07, 6.45) is 1.74. The van der Waals surface area contributed by atoms with Crippen LogP contribution in [0.2, 0.25) is 5.02 Å². The SMILES string of the molecule is O=c1ccccn1-c1cccc(-c2nc3ccccc3o2)c1-c1ccccc1Cl. The molecule has 2 aromatic heterocycles. The number of pyridine rings is 1. The molecule has 0 bridgehead atoms. The number of fused-ring (bicyclic) bond motifs is 1. The van der Waals surface area contributed by atoms with Gasteiger partial charge in [-0.05, 0) is 36.4 Å². The highest BCUT2D eigenvalue weighted by Crippen LogP contribution is 2.40. The van der Waals surface area contributed by atoms with Gasteiger partial charge >= 0.3 is 0 Å². The van der Waals surface area contributed by atoms with Gasteiger partial charge in [0.25, 0.3) is 5.56 Å². The first kappa shape index (κ1) is 17.5. The molecule has 0 saturated carbocycles. The number of benzene rings is 3. The van der Waals surface area contributed by atoms with Crippen LogP contribution in [0.3, 0.4) is 0 Å². The number of oxazole rings is 1. The zero-order valence-electron chi connectivity index (χ0n) is 15.2. The van der Waals surface area contributed by atoms with Crippen LogP contribution >= 0.6 is 11.6 Å². The maximum atomic E-state index is 12.6. The Bertz CT molecular complexity index is 1370. The molecule has 0 saturated heterocycles. The summed E-state index contributed by atoms with van der Waals surface area (Å²) in [5, 5.41) is 0.585. The van der Waals surface area contributed by atoms with E-state index in [0.717, 1.165) is 22.2 Å². The summed E-state index contributed by atoms with van der Waals surface area (Å²) in [4.78, 5) is 17.2. The lowest BCUT2D eigenvalue weighted by Gasteiger charge is -2.16. The average Bonchev–Trinajstić information content (AvgIpc) is 3.18. The molecule has 0 spiro atoms. The standard InChI is InChI=1S/C24H15ClN2O2/c25-18-10-2-1-8-16(18)23-17(24-26-19-11-3-4-13-21(19)29-24)9-7-12-20(23)27-15-6-5-14-22(27)28/h1-15H. The van der Waals surface area contributed by atoms with Crippen LogP contribution in [-0.2, 0) is 0 Å². The second-order valence-corrected chi connectivity index (χ2v) is 6.98. The van der Waals surface area contributed by atoms with Crippen LogP contribution in [0.25, 0.3) is 39.4 Å². The van der Waals surface area contributed by atoms with Crippen molar-refractivity contribution in [3.63, 3.8) is 0 Å². The summed E-state index contributed by atoms with van der Waals surface area (Å²) in [6, 6.07) is 26.0. The number of hydrogen-bond acceptors (Lipinski definition) is 3. The molecule has 0 aliphatic heterocycles. The number of halogens is 1. The van der Waals surface area contributed by atoms with E-state index in [-0.39, 0.29) is 5.56 Å². The van der Waals surface area contributed by atoms with E-state index in [2.05, 4.69) is 4.98 Å². The van der Waals surface area contributed by atoms with Crippen LogP contribution in [0.4, 0.5) is 0 Å². The Balaban J connectivity index is 1.86. The van der Waals surface area contributed by atoms with Crippen LogP contribution in [0.1, 0.15) is 0 Å². The molecule has 5 heteroatoms. The van der Waals surface area contributed by atoms with Gasteiger partial charge in [-0.2, -0.15) is 0 Å². The third kappa shape index (κ3) is 3.04. The topological polar surface area (TPSA) is 48.0 Å². The molecular weight excluding hydrogens is 384 g/mol. The van der Waals surface area contributed by atoms with Gasteiger partial charge in [0.15, 0.2) is 5.58 Å². The van der Waals surface area contributed by atoms with Crippen molar-refractivity contribution in [3.8, 4) is 28.3 Å². The van der Waals surface area contributed by atoms with Gasteiger partial charge in [-0.1, -0.05) is 54.1 Å². The maximum Gasteiger partial charge on any atom is 0.255 e. The Morgan fingerprint density at radius 1 is 0.793 bits per heavy atom. The predicted octanol–water partition coefficient (Wildman–Crippen LogP) is 5.97.